The fourth-order valence-electron chi connectivity index (χ4n) is 1.20. The number of hydrogen-bond donors (Lipinski definition) is 2. The van der Waals surface area contributed by atoms with Gasteiger partial charge in [-0.15, -0.1) is 0 Å². The molecule has 0 bridgehead atoms. The molecule has 0 aromatic carbocycles. The second kappa shape index (κ2) is 11.0. The molecular weight excluding hydrogens is 220 g/mol. The highest BCUT2D eigenvalue weighted by atomic mass is 16.5. The van der Waals surface area contributed by atoms with Gasteiger partial charge in [-0.25, -0.2) is 0 Å². The van der Waals surface area contributed by atoms with Gasteiger partial charge in [0.15, 0.2) is 0 Å². The maximum absolute atomic E-state index is 8.09. The molecule has 0 spiro atoms. The quantitative estimate of drug-likeness (QED) is 0.672. The second-order valence-corrected chi connectivity index (χ2v) is 4.70. The molecular formula is C13H28O4. The van der Waals surface area contributed by atoms with Gasteiger partial charge in [-0.3, -0.25) is 0 Å². The Morgan fingerprint density at radius 1 is 1.06 bits per heavy atom. The highest BCUT2D eigenvalue weighted by Gasteiger charge is 2.21. The summed E-state index contributed by atoms with van der Waals surface area (Å²) in [5, 5.41) is 16.2. The maximum Gasteiger partial charge on any atom is 0.0698 e. The molecule has 4 nitrogen and oxygen atoms in total. The number of aliphatic hydroxyl groups excluding tert-OH is 2. The van der Waals surface area contributed by atoms with Crippen molar-refractivity contribution >= 4 is 0 Å². The Morgan fingerprint density at radius 2 is 1.59 bits per heavy atom. The second-order valence-electron chi connectivity index (χ2n) is 4.70. The molecule has 2 N–H and O–H groups in total. The van der Waals surface area contributed by atoms with Crippen LogP contribution in [0.15, 0.2) is 0 Å². The fraction of sp³-hybridized carbons (Fsp3) is 1.00. The molecule has 1 fully saturated rings. The van der Waals surface area contributed by atoms with Gasteiger partial charge in [0.05, 0.1) is 38.6 Å². The molecule has 4 heteroatoms. The van der Waals surface area contributed by atoms with Crippen LogP contribution in [0.5, 0.6) is 0 Å². The Hall–Kier alpha value is -0.160. The molecule has 0 aromatic heterocycles. The summed E-state index contributed by atoms with van der Waals surface area (Å²) in [5.74, 6) is 0.667. The van der Waals surface area contributed by atoms with E-state index >= 15 is 0 Å². The van der Waals surface area contributed by atoms with Gasteiger partial charge in [0.2, 0.25) is 0 Å². The summed E-state index contributed by atoms with van der Waals surface area (Å²) < 4.78 is 10.4. The topological polar surface area (TPSA) is 58.9 Å². The van der Waals surface area contributed by atoms with Crippen LogP contribution in [0.25, 0.3) is 0 Å². The third-order valence-electron chi connectivity index (χ3n) is 2.87. The van der Waals surface area contributed by atoms with E-state index in [4.69, 9.17) is 14.9 Å². The summed E-state index contributed by atoms with van der Waals surface area (Å²) in [6, 6.07) is 0. The van der Waals surface area contributed by atoms with Crippen molar-refractivity contribution in [3.8, 4) is 0 Å². The van der Waals surface area contributed by atoms with E-state index in [1.54, 1.807) is 0 Å². The average Bonchev–Trinajstić information content (AvgIpc) is 2.24. The molecule has 0 aliphatic heterocycles. The Labute approximate surface area is 105 Å². The fourth-order valence-corrected chi connectivity index (χ4v) is 1.20. The highest BCUT2D eigenvalue weighted by molar-refractivity contribution is 4.71. The van der Waals surface area contributed by atoms with Gasteiger partial charge < -0.3 is 19.7 Å². The lowest BCUT2D eigenvalue weighted by molar-refractivity contribution is -0.0610. The largest absolute Gasteiger partial charge is 0.394 e. The minimum Gasteiger partial charge on any atom is -0.394 e. The minimum absolute atomic E-state index is 0.0278. The maximum atomic E-state index is 8.09. The lowest BCUT2D eigenvalue weighted by Crippen LogP contribution is -2.28. The van der Waals surface area contributed by atoms with Crippen LogP contribution in [-0.4, -0.2) is 48.8 Å². The summed E-state index contributed by atoms with van der Waals surface area (Å²) >= 11 is 0. The Kier molecular flexibility index (Phi) is 10.9. The summed E-state index contributed by atoms with van der Waals surface area (Å²) in [5.41, 5.74) is 0. The van der Waals surface area contributed by atoms with E-state index in [1.165, 1.54) is 19.3 Å². The van der Waals surface area contributed by atoms with Crippen molar-refractivity contribution in [2.45, 2.75) is 52.2 Å². The Morgan fingerprint density at radius 3 is 1.88 bits per heavy atom. The number of hydrogen-bond acceptors (Lipinski definition) is 4. The summed E-state index contributed by atoms with van der Waals surface area (Å²) in [4.78, 5) is 0. The van der Waals surface area contributed by atoms with E-state index in [9.17, 15) is 0 Å². The molecule has 0 heterocycles. The third-order valence-corrected chi connectivity index (χ3v) is 2.87. The van der Waals surface area contributed by atoms with Crippen molar-refractivity contribution < 1.29 is 19.7 Å². The zero-order chi connectivity index (χ0) is 13.1. The van der Waals surface area contributed by atoms with Crippen LogP contribution in [-0.2, 0) is 9.47 Å². The van der Waals surface area contributed by atoms with Crippen molar-refractivity contribution in [3.05, 3.63) is 0 Å². The first kappa shape index (κ1) is 16.8. The van der Waals surface area contributed by atoms with Crippen LogP contribution < -0.4 is 0 Å². The first-order valence-corrected chi connectivity index (χ1v) is 6.56. The molecule has 0 radical (unpaired) electrons. The van der Waals surface area contributed by atoms with Crippen molar-refractivity contribution in [1.82, 2.24) is 0 Å². The van der Waals surface area contributed by atoms with Crippen LogP contribution in [0.3, 0.4) is 0 Å². The molecule has 1 rings (SSSR count). The highest BCUT2D eigenvalue weighted by Crippen LogP contribution is 2.24. The van der Waals surface area contributed by atoms with Crippen molar-refractivity contribution in [2.24, 2.45) is 5.92 Å². The van der Waals surface area contributed by atoms with E-state index in [-0.39, 0.29) is 13.2 Å². The third kappa shape index (κ3) is 9.53. The monoisotopic (exact) mass is 248 g/mol. The van der Waals surface area contributed by atoms with Gasteiger partial charge in [-0.2, -0.15) is 0 Å². The van der Waals surface area contributed by atoms with Gasteiger partial charge in [0, 0.05) is 0 Å². The lowest BCUT2D eigenvalue weighted by Gasteiger charge is -2.30. The molecule has 17 heavy (non-hydrogen) atoms. The van der Waals surface area contributed by atoms with Gasteiger partial charge >= 0.3 is 0 Å². The number of ether oxygens (including phenoxy) is 2. The van der Waals surface area contributed by atoms with Gasteiger partial charge in [-0.05, 0) is 32.1 Å². The van der Waals surface area contributed by atoms with E-state index < -0.39 is 0 Å². The van der Waals surface area contributed by atoms with Crippen molar-refractivity contribution in [2.75, 3.05) is 26.4 Å². The summed E-state index contributed by atoms with van der Waals surface area (Å²) in [6.07, 6.45) is 4.99. The van der Waals surface area contributed by atoms with Gasteiger partial charge in [0.1, 0.15) is 0 Å². The molecule has 1 aliphatic carbocycles. The van der Waals surface area contributed by atoms with Crippen LogP contribution >= 0.6 is 0 Å². The first-order valence-electron chi connectivity index (χ1n) is 6.56. The molecule has 0 amide bonds. The van der Waals surface area contributed by atoms with Crippen molar-refractivity contribution in [3.63, 3.8) is 0 Å². The van der Waals surface area contributed by atoms with E-state index in [0.29, 0.717) is 31.3 Å². The molecule has 1 saturated carbocycles. The summed E-state index contributed by atoms with van der Waals surface area (Å²) in [7, 11) is 0. The number of rotatable bonds is 7. The van der Waals surface area contributed by atoms with Crippen LogP contribution in [0.1, 0.15) is 40.0 Å². The Bertz CT molecular complexity index is 153. The molecule has 1 unspecified atom stereocenters. The van der Waals surface area contributed by atoms with Gasteiger partial charge in [-0.1, -0.05) is 13.8 Å². The minimum atomic E-state index is 0.0278. The average molecular weight is 248 g/mol. The van der Waals surface area contributed by atoms with E-state index in [0.717, 1.165) is 0 Å². The van der Waals surface area contributed by atoms with Gasteiger partial charge in [0.25, 0.3) is 0 Å². The smallest absolute Gasteiger partial charge is 0.0698 e. The predicted molar refractivity (Wildman–Crippen MR) is 68.0 cm³/mol. The molecule has 0 aromatic rings. The number of aliphatic hydroxyl groups is 2. The van der Waals surface area contributed by atoms with Crippen LogP contribution in [0.2, 0.25) is 0 Å². The lowest BCUT2D eigenvalue weighted by atomic mass is 9.95. The zero-order valence-corrected chi connectivity index (χ0v) is 11.4. The van der Waals surface area contributed by atoms with E-state index in [1.807, 2.05) is 0 Å². The molecule has 104 valence electrons. The molecule has 1 atom stereocenters. The van der Waals surface area contributed by atoms with E-state index in [2.05, 4.69) is 25.5 Å². The SMILES string of the molecule is CC(C)C(C)OC1CCC1.OCCOCCO. The molecule has 0 saturated heterocycles. The first-order chi connectivity index (χ1) is 8.11. The molecule has 1 aliphatic rings. The Balaban J connectivity index is 0.000000325. The van der Waals surface area contributed by atoms with Crippen LogP contribution in [0.4, 0.5) is 0 Å². The van der Waals surface area contributed by atoms with Crippen molar-refractivity contribution in [1.29, 1.82) is 0 Å². The standard InChI is InChI=1S/C9H18O.C4H10O3/c1-7(2)8(3)10-9-5-4-6-9;5-1-3-7-4-2-6/h7-9H,4-6H2,1-3H3;5-6H,1-4H2. The summed E-state index contributed by atoms with van der Waals surface area (Å²) in [6.45, 7) is 7.29. The normalized spacial score (nSPS) is 17.3. The van der Waals surface area contributed by atoms with Crippen LogP contribution in [0, 0.1) is 5.92 Å². The predicted octanol–water partition coefficient (Wildman–Crippen LogP) is 1.59. The zero-order valence-electron chi connectivity index (χ0n) is 11.4.